The molecule has 0 fully saturated rings. The molecular weight excluding hydrogens is 382 g/mol. The van der Waals surface area contributed by atoms with E-state index in [-0.39, 0.29) is 11.8 Å². The molecule has 0 aliphatic heterocycles. The van der Waals surface area contributed by atoms with Gasteiger partial charge in [-0.25, -0.2) is 4.79 Å². The second-order valence-corrected chi connectivity index (χ2v) is 9.81. The Morgan fingerprint density at radius 1 is 1.10 bits per heavy atom. The maximum absolute atomic E-state index is 12.6. The molecule has 29 heavy (non-hydrogen) atoms. The van der Waals surface area contributed by atoms with Crippen LogP contribution in [0.4, 0.5) is 0 Å². The highest BCUT2D eigenvalue weighted by Gasteiger charge is 2.64. The van der Waals surface area contributed by atoms with Gasteiger partial charge in [0.15, 0.2) is 11.8 Å². The van der Waals surface area contributed by atoms with Gasteiger partial charge in [-0.3, -0.25) is 0 Å². The molecule has 156 valence electrons. The third kappa shape index (κ3) is 3.00. The average Bonchev–Trinajstić information content (AvgIpc) is 3.36. The van der Waals surface area contributed by atoms with Gasteiger partial charge in [-0.1, -0.05) is 35.5 Å². The highest BCUT2D eigenvalue weighted by Crippen LogP contribution is 2.60. The second-order valence-electron chi connectivity index (χ2n) is 8.95. The molecule has 0 aromatic rings. The van der Waals surface area contributed by atoms with Gasteiger partial charge in [-0.05, 0) is 80.6 Å². The van der Waals surface area contributed by atoms with Crippen LogP contribution >= 0.6 is 11.8 Å². The van der Waals surface area contributed by atoms with Crippen LogP contribution in [-0.2, 0) is 9.59 Å². The van der Waals surface area contributed by atoms with Crippen molar-refractivity contribution < 1.29 is 14.7 Å². The fourth-order valence-corrected chi connectivity index (χ4v) is 7.60. The molecule has 0 bridgehead atoms. The predicted octanol–water partition coefficient (Wildman–Crippen LogP) is 4.43. The van der Waals surface area contributed by atoms with Gasteiger partial charge in [0.05, 0.1) is 0 Å². The predicted molar refractivity (Wildman–Crippen MR) is 118 cm³/mol. The minimum Gasteiger partial charge on any atom is -0.480 e. The summed E-state index contributed by atoms with van der Waals surface area (Å²) in [7, 11) is 0. The van der Waals surface area contributed by atoms with Crippen molar-refractivity contribution in [2.24, 2.45) is 23.0 Å². The van der Waals surface area contributed by atoms with Crippen LogP contribution in [-0.4, -0.2) is 34.9 Å². The van der Waals surface area contributed by atoms with E-state index in [0.29, 0.717) is 12.0 Å². The molecule has 0 saturated carbocycles. The summed E-state index contributed by atoms with van der Waals surface area (Å²) in [5.74, 6) is -0.622. The third-order valence-electron chi connectivity index (χ3n) is 7.79. The van der Waals surface area contributed by atoms with Gasteiger partial charge >= 0.3 is 5.97 Å². The zero-order valence-corrected chi connectivity index (χ0v) is 18.0. The van der Waals surface area contributed by atoms with Gasteiger partial charge in [0.2, 0.25) is 0 Å². The molecule has 4 nitrogen and oxygen atoms in total. The van der Waals surface area contributed by atoms with Crippen molar-refractivity contribution in [2.45, 2.75) is 56.9 Å². The van der Waals surface area contributed by atoms with E-state index in [0.717, 1.165) is 51.4 Å². The van der Waals surface area contributed by atoms with Crippen molar-refractivity contribution in [1.82, 2.24) is 0 Å². The van der Waals surface area contributed by atoms with E-state index >= 15 is 0 Å². The monoisotopic (exact) mass is 413 g/mol. The first kappa shape index (κ1) is 20.7. The number of hydrogen-bond donors (Lipinski definition) is 2. The number of nitrogens with two attached hydrogens (primary N) is 1. The number of rotatable bonds is 7. The fraction of sp³-hybridized carbons (Fsp3) is 0.583. The highest BCUT2D eigenvalue weighted by atomic mass is 32.2. The molecule has 0 amide bonds. The lowest BCUT2D eigenvalue weighted by Crippen LogP contribution is -2.69. The SMILES string of the molecule is CSCC(C1CCC2=C1C=CCC2)(C1CCC2=C1C=CCC2)C(N)(C=O)C(=O)O. The summed E-state index contributed by atoms with van der Waals surface area (Å²) in [5.41, 5.74) is 9.29. The van der Waals surface area contributed by atoms with E-state index in [1.54, 1.807) is 11.8 Å². The Labute approximate surface area is 177 Å². The molecule has 4 aliphatic carbocycles. The molecule has 0 radical (unpaired) electrons. The molecule has 0 saturated heterocycles. The van der Waals surface area contributed by atoms with Crippen molar-refractivity contribution in [3.8, 4) is 0 Å². The van der Waals surface area contributed by atoms with Crippen LogP contribution in [0.25, 0.3) is 0 Å². The van der Waals surface area contributed by atoms with Crippen molar-refractivity contribution in [2.75, 3.05) is 12.0 Å². The molecule has 3 unspecified atom stereocenters. The van der Waals surface area contributed by atoms with E-state index in [1.807, 2.05) is 6.26 Å². The fourth-order valence-electron chi connectivity index (χ4n) is 6.48. The molecular formula is C24H31NO3S. The molecule has 3 N–H and O–H groups in total. The molecule has 3 atom stereocenters. The first-order valence-corrected chi connectivity index (χ1v) is 12.1. The number of thioether (sulfide) groups is 1. The van der Waals surface area contributed by atoms with Crippen molar-refractivity contribution in [3.63, 3.8) is 0 Å². The lowest BCUT2D eigenvalue weighted by molar-refractivity contribution is -0.154. The number of aldehydes is 1. The normalized spacial score (nSPS) is 30.0. The Bertz CT molecular complexity index is 789. The molecule has 0 aromatic carbocycles. The summed E-state index contributed by atoms with van der Waals surface area (Å²) in [6.45, 7) is 0. The van der Waals surface area contributed by atoms with Crippen LogP contribution in [0, 0.1) is 17.3 Å². The lowest BCUT2D eigenvalue weighted by Gasteiger charge is -2.52. The zero-order chi connectivity index (χ0) is 20.6. The molecule has 0 heterocycles. The number of allylic oxidation sites excluding steroid dienone is 8. The van der Waals surface area contributed by atoms with E-state index in [2.05, 4.69) is 24.3 Å². The van der Waals surface area contributed by atoms with Crippen LogP contribution in [0.15, 0.2) is 46.6 Å². The lowest BCUT2D eigenvalue weighted by atomic mass is 9.53. The number of carboxylic acid groups (broad SMARTS) is 1. The van der Waals surface area contributed by atoms with E-state index < -0.39 is 16.9 Å². The van der Waals surface area contributed by atoms with Crippen LogP contribution in [0.2, 0.25) is 0 Å². The Kier molecular flexibility index (Phi) is 5.64. The number of carboxylic acids is 1. The van der Waals surface area contributed by atoms with Crippen molar-refractivity contribution in [1.29, 1.82) is 0 Å². The van der Waals surface area contributed by atoms with Gasteiger partial charge in [-0.15, -0.1) is 0 Å². The van der Waals surface area contributed by atoms with E-state index in [4.69, 9.17) is 5.73 Å². The Morgan fingerprint density at radius 3 is 2.03 bits per heavy atom. The van der Waals surface area contributed by atoms with Crippen LogP contribution in [0.3, 0.4) is 0 Å². The van der Waals surface area contributed by atoms with E-state index in [1.165, 1.54) is 22.3 Å². The maximum atomic E-state index is 12.6. The van der Waals surface area contributed by atoms with Gasteiger partial charge in [0.1, 0.15) is 0 Å². The van der Waals surface area contributed by atoms with Gasteiger partial charge < -0.3 is 15.6 Å². The molecule has 4 rings (SSSR count). The minimum atomic E-state index is -1.91. The summed E-state index contributed by atoms with van der Waals surface area (Å²) < 4.78 is 0. The number of carbonyl (C=O) groups excluding carboxylic acids is 1. The van der Waals surface area contributed by atoms with Gasteiger partial charge in [0.25, 0.3) is 0 Å². The van der Waals surface area contributed by atoms with Gasteiger partial charge in [-0.2, -0.15) is 11.8 Å². The van der Waals surface area contributed by atoms with Crippen molar-refractivity contribution in [3.05, 3.63) is 46.6 Å². The second kappa shape index (κ2) is 7.92. The number of aliphatic carboxylic acids is 1. The average molecular weight is 414 g/mol. The van der Waals surface area contributed by atoms with Crippen LogP contribution < -0.4 is 5.73 Å². The largest absolute Gasteiger partial charge is 0.480 e. The first-order valence-electron chi connectivity index (χ1n) is 10.7. The summed E-state index contributed by atoms with van der Waals surface area (Å²) >= 11 is 1.63. The quantitative estimate of drug-likeness (QED) is 0.477. The molecule has 5 heteroatoms. The maximum Gasteiger partial charge on any atom is 0.331 e. The van der Waals surface area contributed by atoms with Crippen LogP contribution in [0.1, 0.15) is 51.4 Å². The summed E-state index contributed by atoms with van der Waals surface area (Å²) in [4.78, 5) is 25.0. The topological polar surface area (TPSA) is 80.4 Å². The number of carbonyl (C=O) groups is 2. The summed E-state index contributed by atoms with van der Waals surface area (Å²) in [6, 6.07) is 0. The molecule has 0 aromatic heterocycles. The summed E-state index contributed by atoms with van der Waals surface area (Å²) in [6.07, 6.45) is 19.3. The first-order chi connectivity index (χ1) is 14.0. The Morgan fingerprint density at radius 2 is 1.62 bits per heavy atom. The third-order valence-corrected chi connectivity index (χ3v) is 8.56. The van der Waals surface area contributed by atoms with Crippen LogP contribution in [0.5, 0.6) is 0 Å². The van der Waals surface area contributed by atoms with Crippen molar-refractivity contribution >= 4 is 24.0 Å². The zero-order valence-electron chi connectivity index (χ0n) is 17.2. The highest BCUT2D eigenvalue weighted by molar-refractivity contribution is 7.98. The van der Waals surface area contributed by atoms with Gasteiger partial charge in [0, 0.05) is 11.2 Å². The Balaban J connectivity index is 1.93. The summed E-state index contributed by atoms with van der Waals surface area (Å²) in [5, 5.41) is 10.3. The van der Waals surface area contributed by atoms with E-state index in [9.17, 15) is 14.7 Å². The molecule has 4 aliphatic rings. The number of hydrogen-bond acceptors (Lipinski definition) is 4. The smallest absolute Gasteiger partial charge is 0.331 e. The standard InChI is InChI=1S/C24H31NO3S/c1-29-15-23(24(25,14-26)22(27)28,20-12-10-16-6-2-4-8-18(16)20)21-13-11-17-7-3-5-9-19(17)21/h4-5,8-9,14,20-21H,2-3,6-7,10-13,15,25H2,1H3,(H,27,28). The minimum absolute atomic E-state index is 0.0000217. The molecule has 0 spiro atoms. The Hall–Kier alpha value is -1.59.